The highest BCUT2D eigenvalue weighted by atomic mass is 16.5. The molecule has 0 aliphatic heterocycles. The van der Waals surface area contributed by atoms with Crippen LogP contribution in [0, 0.1) is 22.2 Å². The van der Waals surface area contributed by atoms with Crippen LogP contribution < -0.4 is 5.32 Å². The van der Waals surface area contributed by atoms with Gasteiger partial charge >= 0.3 is 5.97 Å². The molecule has 1 aromatic rings. The van der Waals surface area contributed by atoms with Crippen LogP contribution in [-0.4, -0.2) is 37.9 Å². The van der Waals surface area contributed by atoms with E-state index in [1.165, 1.54) is 0 Å². The van der Waals surface area contributed by atoms with Gasteiger partial charge in [-0.3, -0.25) is 9.59 Å². The van der Waals surface area contributed by atoms with Gasteiger partial charge in [-0.25, -0.2) is 0 Å². The lowest BCUT2D eigenvalue weighted by Crippen LogP contribution is -2.43. The van der Waals surface area contributed by atoms with Crippen molar-refractivity contribution in [3.63, 3.8) is 0 Å². The highest BCUT2D eigenvalue weighted by Gasteiger charge is 2.40. The van der Waals surface area contributed by atoms with Crippen LogP contribution >= 0.6 is 0 Å². The molecule has 0 bridgehead atoms. The standard InChI is InChI=1S/C26H41NO5/c1-20(16-31-19-24(2,3)13-14-28)15-27-22(29)25(4,5)18-26(6,7)23(30)32-17-21-11-9-8-10-12-21/h8-12,14,20H,13,15-19H2,1-7H3,(H,27,29). The average molecular weight is 448 g/mol. The third kappa shape index (κ3) is 9.94. The van der Waals surface area contributed by atoms with Gasteiger partial charge in [-0.1, -0.05) is 65.0 Å². The Balaban J connectivity index is 2.48. The largest absolute Gasteiger partial charge is 0.460 e. The van der Waals surface area contributed by atoms with Crippen molar-refractivity contribution in [1.29, 1.82) is 0 Å². The molecule has 0 heterocycles. The van der Waals surface area contributed by atoms with Crippen LogP contribution in [0.15, 0.2) is 30.3 Å². The average Bonchev–Trinajstić information content (AvgIpc) is 2.69. The monoisotopic (exact) mass is 447 g/mol. The molecule has 0 radical (unpaired) electrons. The molecule has 32 heavy (non-hydrogen) atoms. The lowest BCUT2D eigenvalue weighted by atomic mass is 9.74. The Morgan fingerprint density at radius 2 is 1.66 bits per heavy atom. The Morgan fingerprint density at radius 1 is 1.03 bits per heavy atom. The zero-order chi connectivity index (χ0) is 24.4. The van der Waals surface area contributed by atoms with Crippen LogP contribution in [0.3, 0.4) is 0 Å². The van der Waals surface area contributed by atoms with Gasteiger partial charge in [0.25, 0.3) is 0 Å². The summed E-state index contributed by atoms with van der Waals surface area (Å²) < 4.78 is 11.2. The fraction of sp³-hybridized carbons (Fsp3) is 0.654. The van der Waals surface area contributed by atoms with E-state index < -0.39 is 10.8 Å². The summed E-state index contributed by atoms with van der Waals surface area (Å²) in [5.74, 6) is -0.290. The molecule has 1 rings (SSSR count). The van der Waals surface area contributed by atoms with Gasteiger partial charge in [-0.2, -0.15) is 0 Å². The third-order valence-electron chi connectivity index (χ3n) is 5.41. The van der Waals surface area contributed by atoms with E-state index in [-0.39, 0.29) is 29.8 Å². The number of carbonyl (C=O) groups excluding carboxylic acids is 3. The second-order valence-corrected chi connectivity index (χ2v) is 10.9. The molecular weight excluding hydrogens is 406 g/mol. The first-order valence-electron chi connectivity index (χ1n) is 11.3. The summed E-state index contributed by atoms with van der Waals surface area (Å²) in [5, 5.41) is 2.99. The molecule has 1 N–H and O–H groups in total. The van der Waals surface area contributed by atoms with Crippen LogP contribution in [0.4, 0.5) is 0 Å². The van der Waals surface area contributed by atoms with Gasteiger partial charge in [0.2, 0.25) is 5.91 Å². The molecule has 180 valence electrons. The Morgan fingerprint density at radius 3 is 2.25 bits per heavy atom. The van der Waals surface area contributed by atoms with E-state index in [0.29, 0.717) is 32.6 Å². The van der Waals surface area contributed by atoms with Crippen molar-refractivity contribution in [3.05, 3.63) is 35.9 Å². The molecule has 6 heteroatoms. The number of benzene rings is 1. The molecule has 0 aliphatic carbocycles. The Kier molecular flexibility index (Phi) is 10.6. The van der Waals surface area contributed by atoms with Crippen LogP contribution in [0.5, 0.6) is 0 Å². The SMILES string of the molecule is CC(CNC(=O)C(C)(C)CC(C)(C)C(=O)OCc1ccccc1)COCC(C)(C)CC=O. The van der Waals surface area contributed by atoms with Crippen molar-refractivity contribution in [1.82, 2.24) is 5.32 Å². The first-order valence-corrected chi connectivity index (χ1v) is 11.3. The summed E-state index contributed by atoms with van der Waals surface area (Å²) >= 11 is 0. The second-order valence-electron chi connectivity index (χ2n) is 10.9. The Labute approximate surface area is 193 Å². The highest BCUT2D eigenvalue weighted by molar-refractivity contribution is 5.83. The predicted octanol–water partition coefficient (Wildman–Crippen LogP) is 4.56. The van der Waals surface area contributed by atoms with Crippen LogP contribution in [0.1, 0.15) is 66.9 Å². The number of esters is 1. The zero-order valence-electron chi connectivity index (χ0n) is 20.8. The highest BCUT2D eigenvalue weighted by Crippen LogP contribution is 2.35. The molecule has 6 nitrogen and oxygen atoms in total. The maximum atomic E-state index is 12.8. The van der Waals surface area contributed by atoms with Crippen molar-refractivity contribution >= 4 is 18.2 Å². The molecule has 0 saturated heterocycles. The zero-order valence-corrected chi connectivity index (χ0v) is 20.8. The number of aldehydes is 1. The van der Waals surface area contributed by atoms with E-state index in [2.05, 4.69) is 5.32 Å². The number of hydrogen-bond acceptors (Lipinski definition) is 5. The predicted molar refractivity (Wildman–Crippen MR) is 126 cm³/mol. The Bertz CT molecular complexity index is 740. The minimum atomic E-state index is -0.797. The number of nitrogens with one attached hydrogen (secondary N) is 1. The fourth-order valence-electron chi connectivity index (χ4n) is 3.56. The van der Waals surface area contributed by atoms with E-state index in [9.17, 15) is 14.4 Å². The van der Waals surface area contributed by atoms with Gasteiger partial charge in [0.1, 0.15) is 12.9 Å². The van der Waals surface area contributed by atoms with E-state index in [4.69, 9.17) is 9.47 Å². The van der Waals surface area contributed by atoms with Crippen molar-refractivity contribution < 1.29 is 23.9 Å². The topological polar surface area (TPSA) is 81.7 Å². The summed E-state index contributed by atoms with van der Waals surface area (Å²) in [7, 11) is 0. The van der Waals surface area contributed by atoms with Gasteiger partial charge in [0.15, 0.2) is 0 Å². The van der Waals surface area contributed by atoms with Crippen LogP contribution in [0.25, 0.3) is 0 Å². The number of amides is 1. The minimum Gasteiger partial charge on any atom is -0.460 e. The normalized spacial score (nSPS) is 13.3. The van der Waals surface area contributed by atoms with E-state index >= 15 is 0 Å². The number of ether oxygens (including phenoxy) is 2. The second kappa shape index (κ2) is 12.1. The van der Waals surface area contributed by atoms with Gasteiger partial charge in [-0.05, 0) is 37.2 Å². The summed E-state index contributed by atoms with van der Waals surface area (Å²) in [5.41, 5.74) is -0.789. The smallest absolute Gasteiger partial charge is 0.311 e. The quantitative estimate of drug-likeness (QED) is 0.334. The van der Waals surface area contributed by atoms with Crippen molar-refractivity contribution in [2.45, 2.75) is 67.9 Å². The van der Waals surface area contributed by atoms with Crippen molar-refractivity contribution in [2.75, 3.05) is 19.8 Å². The first-order chi connectivity index (χ1) is 14.8. The summed E-state index contributed by atoms with van der Waals surface area (Å²) in [6.45, 7) is 15.0. The fourth-order valence-corrected chi connectivity index (χ4v) is 3.56. The lowest BCUT2D eigenvalue weighted by molar-refractivity contribution is -0.158. The summed E-state index contributed by atoms with van der Waals surface area (Å²) in [4.78, 5) is 36.2. The molecule has 0 aromatic heterocycles. The minimum absolute atomic E-state index is 0.102. The van der Waals surface area contributed by atoms with Crippen molar-refractivity contribution in [3.8, 4) is 0 Å². The summed E-state index contributed by atoms with van der Waals surface area (Å²) in [6, 6.07) is 9.54. The van der Waals surface area contributed by atoms with E-state index in [0.717, 1.165) is 11.8 Å². The molecule has 0 aliphatic rings. The molecule has 1 amide bonds. The summed E-state index contributed by atoms with van der Waals surface area (Å²) in [6.07, 6.45) is 1.73. The van der Waals surface area contributed by atoms with Gasteiger partial charge in [-0.15, -0.1) is 0 Å². The molecule has 1 aromatic carbocycles. The van der Waals surface area contributed by atoms with Crippen LogP contribution in [-0.2, 0) is 30.5 Å². The number of rotatable bonds is 14. The number of carbonyl (C=O) groups is 3. The van der Waals surface area contributed by atoms with Crippen molar-refractivity contribution in [2.24, 2.45) is 22.2 Å². The lowest BCUT2D eigenvalue weighted by Gasteiger charge is -2.32. The van der Waals surface area contributed by atoms with Crippen LogP contribution in [0.2, 0.25) is 0 Å². The van der Waals surface area contributed by atoms with E-state index in [1.807, 2.05) is 78.8 Å². The van der Waals surface area contributed by atoms with Gasteiger partial charge in [0, 0.05) is 18.4 Å². The maximum Gasteiger partial charge on any atom is 0.311 e. The van der Waals surface area contributed by atoms with Gasteiger partial charge < -0.3 is 19.6 Å². The Hall–Kier alpha value is -2.21. The molecule has 0 fully saturated rings. The molecule has 1 unspecified atom stereocenters. The number of hydrogen-bond donors (Lipinski definition) is 1. The van der Waals surface area contributed by atoms with E-state index in [1.54, 1.807) is 0 Å². The molecule has 1 atom stereocenters. The molecule has 0 saturated carbocycles. The van der Waals surface area contributed by atoms with Gasteiger partial charge in [0.05, 0.1) is 18.6 Å². The first kappa shape index (κ1) is 27.8. The third-order valence-corrected chi connectivity index (χ3v) is 5.41. The molecular formula is C26H41NO5. The maximum absolute atomic E-state index is 12.8. The molecule has 0 spiro atoms.